The number of hydrogen-bond acceptors (Lipinski definition) is 2. The molecule has 72 valence electrons. The molecule has 0 radical (unpaired) electrons. The van der Waals surface area contributed by atoms with E-state index < -0.39 is 0 Å². The highest BCUT2D eigenvalue weighted by atomic mass is 35.5. The average Bonchev–Trinajstić information content (AvgIpc) is 2.50. The van der Waals surface area contributed by atoms with Gasteiger partial charge in [-0.2, -0.15) is 0 Å². The van der Waals surface area contributed by atoms with Crippen molar-refractivity contribution in [1.82, 2.24) is 9.55 Å². The third-order valence-electron chi connectivity index (χ3n) is 2.25. The second-order valence-corrected chi connectivity index (χ2v) is 3.64. The SMILES string of the molecule is Cc1cnc2c(c(C=O)cn2C)c1Cl. The molecule has 0 unspecified atom stereocenters. The van der Waals surface area contributed by atoms with Crippen molar-refractivity contribution >= 4 is 28.9 Å². The molecular formula is C10H9ClN2O. The molecule has 4 heteroatoms. The molecule has 2 aromatic rings. The predicted octanol–water partition coefficient (Wildman–Crippen LogP) is 2.35. The van der Waals surface area contributed by atoms with E-state index in [1.54, 1.807) is 17.0 Å². The predicted molar refractivity (Wildman–Crippen MR) is 55.8 cm³/mol. The number of carbonyl (C=O) groups excluding carboxylic acids is 1. The first-order valence-electron chi connectivity index (χ1n) is 4.20. The van der Waals surface area contributed by atoms with E-state index in [9.17, 15) is 4.79 Å². The lowest BCUT2D eigenvalue weighted by atomic mass is 10.2. The first kappa shape index (κ1) is 9.21. The van der Waals surface area contributed by atoms with E-state index in [1.807, 2.05) is 14.0 Å². The van der Waals surface area contributed by atoms with Crippen molar-refractivity contribution in [1.29, 1.82) is 0 Å². The van der Waals surface area contributed by atoms with Gasteiger partial charge in [-0.1, -0.05) is 11.6 Å². The fraction of sp³-hybridized carbons (Fsp3) is 0.200. The summed E-state index contributed by atoms with van der Waals surface area (Å²) in [4.78, 5) is 15.0. The Morgan fingerprint density at radius 2 is 2.29 bits per heavy atom. The minimum atomic E-state index is 0.587. The number of aldehydes is 1. The zero-order valence-electron chi connectivity index (χ0n) is 7.91. The maximum atomic E-state index is 10.8. The Balaban J connectivity index is 2.98. The highest BCUT2D eigenvalue weighted by Gasteiger charge is 2.11. The molecule has 0 bridgehead atoms. The lowest BCUT2D eigenvalue weighted by Crippen LogP contribution is -1.88. The molecule has 2 aromatic heterocycles. The Hall–Kier alpha value is -1.35. The van der Waals surface area contributed by atoms with E-state index in [2.05, 4.69) is 4.98 Å². The van der Waals surface area contributed by atoms with Gasteiger partial charge in [-0.3, -0.25) is 4.79 Å². The van der Waals surface area contributed by atoms with Crippen LogP contribution in [0.5, 0.6) is 0 Å². The Kier molecular flexibility index (Phi) is 2.04. The summed E-state index contributed by atoms with van der Waals surface area (Å²) in [6.07, 6.45) is 4.24. The third kappa shape index (κ3) is 1.13. The number of nitrogens with zero attached hydrogens (tertiary/aromatic N) is 2. The normalized spacial score (nSPS) is 10.8. The van der Waals surface area contributed by atoms with Crippen LogP contribution in [0.15, 0.2) is 12.4 Å². The van der Waals surface area contributed by atoms with Crippen LogP contribution in [0, 0.1) is 6.92 Å². The summed E-state index contributed by atoms with van der Waals surface area (Å²) in [5, 5.41) is 1.35. The smallest absolute Gasteiger partial charge is 0.152 e. The van der Waals surface area contributed by atoms with Crippen molar-refractivity contribution in [3.63, 3.8) is 0 Å². The van der Waals surface area contributed by atoms with Gasteiger partial charge in [0, 0.05) is 30.4 Å². The maximum Gasteiger partial charge on any atom is 0.152 e. The zero-order chi connectivity index (χ0) is 10.3. The van der Waals surface area contributed by atoms with E-state index in [4.69, 9.17) is 11.6 Å². The molecule has 3 nitrogen and oxygen atoms in total. The van der Waals surface area contributed by atoms with Gasteiger partial charge in [0.2, 0.25) is 0 Å². The first-order valence-corrected chi connectivity index (χ1v) is 4.58. The number of hydrogen-bond donors (Lipinski definition) is 0. The standard InChI is InChI=1S/C10H9ClN2O/c1-6-3-12-10-8(9(6)11)7(5-14)4-13(10)2/h3-5H,1-2H3. The molecule has 0 aliphatic rings. The number of fused-ring (bicyclic) bond motifs is 1. The van der Waals surface area contributed by atoms with Crippen LogP contribution >= 0.6 is 11.6 Å². The van der Waals surface area contributed by atoms with Crippen LogP contribution in [-0.2, 0) is 7.05 Å². The van der Waals surface area contributed by atoms with Crippen molar-refractivity contribution in [2.24, 2.45) is 7.05 Å². The number of carbonyl (C=O) groups is 1. The van der Waals surface area contributed by atoms with Gasteiger partial charge in [-0.25, -0.2) is 4.98 Å². The fourth-order valence-corrected chi connectivity index (χ4v) is 1.76. The topological polar surface area (TPSA) is 34.9 Å². The van der Waals surface area contributed by atoms with Crippen LogP contribution in [0.4, 0.5) is 0 Å². The van der Waals surface area contributed by atoms with E-state index in [1.165, 1.54) is 0 Å². The van der Waals surface area contributed by atoms with Crippen molar-refractivity contribution in [3.05, 3.63) is 28.5 Å². The summed E-state index contributed by atoms with van der Waals surface area (Å²) in [5.74, 6) is 0. The zero-order valence-corrected chi connectivity index (χ0v) is 8.67. The molecule has 2 rings (SSSR count). The molecule has 0 N–H and O–H groups in total. The molecule has 2 heterocycles. The van der Waals surface area contributed by atoms with Crippen LogP contribution in [0.2, 0.25) is 5.02 Å². The number of aryl methyl sites for hydroxylation is 2. The number of halogens is 1. The largest absolute Gasteiger partial charge is 0.335 e. The Morgan fingerprint density at radius 3 is 2.93 bits per heavy atom. The van der Waals surface area contributed by atoms with Crippen LogP contribution in [0.25, 0.3) is 11.0 Å². The Morgan fingerprint density at radius 1 is 1.57 bits per heavy atom. The van der Waals surface area contributed by atoms with Gasteiger partial charge in [0.1, 0.15) is 5.65 Å². The van der Waals surface area contributed by atoms with Crippen LogP contribution in [-0.4, -0.2) is 15.8 Å². The van der Waals surface area contributed by atoms with E-state index in [-0.39, 0.29) is 0 Å². The van der Waals surface area contributed by atoms with Crippen LogP contribution in [0.1, 0.15) is 15.9 Å². The molecule has 14 heavy (non-hydrogen) atoms. The van der Waals surface area contributed by atoms with Gasteiger partial charge in [-0.05, 0) is 12.5 Å². The summed E-state index contributed by atoms with van der Waals surface area (Å²) >= 11 is 6.11. The third-order valence-corrected chi connectivity index (χ3v) is 2.74. The van der Waals surface area contributed by atoms with E-state index in [0.717, 1.165) is 22.9 Å². The van der Waals surface area contributed by atoms with Crippen molar-refractivity contribution in [2.45, 2.75) is 6.92 Å². The average molecular weight is 209 g/mol. The fourth-order valence-electron chi connectivity index (χ4n) is 1.52. The highest BCUT2D eigenvalue weighted by Crippen LogP contribution is 2.28. The number of pyridine rings is 1. The second kappa shape index (κ2) is 3.10. The van der Waals surface area contributed by atoms with Gasteiger partial charge < -0.3 is 4.57 Å². The van der Waals surface area contributed by atoms with Crippen molar-refractivity contribution in [3.8, 4) is 0 Å². The summed E-state index contributed by atoms with van der Waals surface area (Å²) in [6.45, 7) is 1.87. The lowest BCUT2D eigenvalue weighted by Gasteiger charge is -2.00. The summed E-state index contributed by atoms with van der Waals surface area (Å²) in [7, 11) is 1.84. The quantitative estimate of drug-likeness (QED) is 0.675. The molecule has 0 amide bonds. The summed E-state index contributed by atoms with van der Waals surface area (Å²) in [6, 6.07) is 0. The molecule has 0 saturated heterocycles. The van der Waals surface area contributed by atoms with Crippen molar-refractivity contribution < 1.29 is 4.79 Å². The van der Waals surface area contributed by atoms with E-state index in [0.29, 0.717) is 10.6 Å². The van der Waals surface area contributed by atoms with Gasteiger partial charge in [0.25, 0.3) is 0 Å². The van der Waals surface area contributed by atoms with Gasteiger partial charge >= 0.3 is 0 Å². The monoisotopic (exact) mass is 208 g/mol. The number of rotatable bonds is 1. The molecule has 0 aromatic carbocycles. The minimum Gasteiger partial charge on any atom is -0.335 e. The molecule has 0 atom stereocenters. The minimum absolute atomic E-state index is 0.587. The molecule has 0 saturated carbocycles. The van der Waals surface area contributed by atoms with Gasteiger partial charge in [-0.15, -0.1) is 0 Å². The second-order valence-electron chi connectivity index (χ2n) is 3.27. The Bertz CT molecular complexity index is 516. The molecule has 0 fully saturated rings. The molecular weight excluding hydrogens is 200 g/mol. The summed E-state index contributed by atoms with van der Waals surface area (Å²) < 4.78 is 1.80. The van der Waals surface area contributed by atoms with Crippen molar-refractivity contribution in [2.75, 3.05) is 0 Å². The lowest BCUT2D eigenvalue weighted by molar-refractivity contribution is 0.112. The maximum absolute atomic E-state index is 10.8. The molecule has 0 spiro atoms. The van der Waals surface area contributed by atoms with Gasteiger partial charge in [0.05, 0.1) is 5.02 Å². The van der Waals surface area contributed by atoms with E-state index >= 15 is 0 Å². The summed E-state index contributed by atoms with van der Waals surface area (Å²) in [5.41, 5.74) is 2.21. The highest BCUT2D eigenvalue weighted by molar-refractivity contribution is 6.37. The van der Waals surface area contributed by atoms with Crippen LogP contribution < -0.4 is 0 Å². The van der Waals surface area contributed by atoms with Gasteiger partial charge in [0.15, 0.2) is 6.29 Å². The Labute approximate surface area is 86.3 Å². The molecule has 0 aliphatic heterocycles. The first-order chi connectivity index (χ1) is 6.65. The molecule has 0 aliphatic carbocycles. The van der Waals surface area contributed by atoms with Crippen LogP contribution in [0.3, 0.4) is 0 Å². The number of aromatic nitrogens is 2.